The molecule has 0 spiro atoms. The minimum atomic E-state index is -0.855. The number of carboxylic acid groups (broad SMARTS) is 1. The van der Waals surface area contributed by atoms with Gasteiger partial charge in [0, 0.05) is 13.1 Å². The second kappa shape index (κ2) is 5.37. The topological polar surface area (TPSA) is 84.4 Å². The van der Waals surface area contributed by atoms with Crippen molar-refractivity contribution in [1.29, 1.82) is 0 Å². The maximum absolute atomic E-state index is 11.2. The van der Waals surface area contributed by atoms with E-state index in [9.17, 15) is 9.90 Å². The highest BCUT2D eigenvalue weighted by molar-refractivity contribution is 5.76. The zero-order chi connectivity index (χ0) is 15.0. The molecule has 1 fully saturated rings. The van der Waals surface area contributed by atoms with Crippen molar-refractivity contribution in [2.45, 2.75) is 31.8 Å². The molecule has 0 unspecified atom stereocenters. The molecule has 112 valence electrons. The van der Waals surface area contributed by atoms with Gasteiger partial charge in [-0.05, 0) is 31.9 Å². The smallest absolute Gasteiger partial charge is 0.407 e. The van der Waals surface area contributed by atoms with Gasteiger partial charge in [-0.1, -0.05) is 12.1 Å². The molecule has 1 amide bonds. The van der Waals surface area contributed by atoms with Crippen molar-refractivity contribution in [2.75, 3.05) is 13.1 Å². The van der Waals surface area contributed by atoms with Crippen LogP contribution in [0, 0.1) is 0 Å². The molecule has 3 rings (SSSR count). The third kappa shape index (κ3) is 2.47. The van der Waals surface area contributed by atoms with E-state index in [1.165, 1.54) is 4.90 Å². The molecule has 1 saturated heterocycles. The monoisotopic (exact) mass is 288 g/mol. The lowest BCUT2D eigenvalue weighted by Gasteiger charge is -2.33. The Morgan fingerprint density at radius 1 is 1.48 bits per heavy atom. The molecular formula is C15H20N4O2. The van der Waals surface area contributed by atoms with Gasteiger partial charge in [0.25, 0.3) is 0 Å². The Morgan fingerprint density at radius 2 is 2.24 bits per heavy atom. The van der Waals surface area contributed by atoms with Crippen LogP contribution in [0.25, 0.3) is 11.0 Å². The first kappa shape index (κ1) is 13.9. The van der Waals surface area contributed by atoms with Gasteiger partial charge in [0.15, 0.2) is 0 Å². The first-order valence-electron chi connectivity index (χ1n) is 7.28. The third-order valence-electron chi connectivity index (χ3n) is 4.06. The molecule has 6 nitrogen and oxygen atoms in total. The summed E-state index contributed by atoms with van der Waals surface area (Å²) in [7, 11) is 0. The van der Waals surface area contributed by atoms with Crippen LogP contribution in [0.5, 0.6) is 0 Å². The number of rotatable bonds is 2. The zero-order valence-electron chi connectivity index (χ0n) is 12.1. The number of hydrogen-bond donors (Lipinski definition) is 2. The molecule has 2 atom stereocenters. The minimum absolute atomic E-state index is 0.100. The molecule has 0 aliphatic carbocycles. The Morgan fingerprint density at radius 3 is 2.95 bits per heavy atom. The molecule has 0 bridgehead atoms. The van der Waals surface area contributed by atoms with Gasteiger partial charge in [-0.25, -0.2) is 9.78 Å². The van der Waals surface area contributed by atoms with Crippen molar-refractivity contribution in [3.63, 3.8) is 0 Å². The predicted octanol–water partition coefficient (Wildman–Crippen LogP) is 2.37. The number of imidazole rings is 1. The number of benzene rings is 1. The molecule has 3 N–H and O–H groups in total. The van der Waals surface area contributed by atoms with Crippen LogP contribution in [0.3, 0.4) is 0 Å². The number of piperidine rings is 1. The molecule has 1 aliphatic rings. The van der Waals surface area contributed by atoms with Crippen molar-refractivity contribution in [2.24, 2.45) is 5.73 Å². The van der Waals surface area contributed by atoms with Crippen LogP contribution in [-0.4, -0.2) is 38.7 Å². The summed E-state index contributed by atoms with van der Waals surface area (Å²) in [6.45, 7) is 3.01. The molecular weight excluding hydrogens is 268 g/mol. The fourth-order valence-corrected chi connectivity index (χ4v) is 3.11. The largest absolute Gasteiger partial charge is 0.465 e. The Bertz CT molecular complexity index is 665. The Hall–Kier alpha value is -2.08. The van der Waals surface area contributed by atoms with Crippen molar-refractivity contribution >= 4 is 17.1 Å². The highest BCUT2D eigenvalue weighted by Crippen LogP contribution is 2.29. The first-order chi connectivity index (χ1) is 10.1. The second-order valence-corrected chi connectivity index (χ2v) is 5.64. The van der Waals surface area contributed by atoms with E-state index in [1.54, 1.807) is 0 Å². The molecule has 21 heavy (non-hydrogen) atoms. The third-order valence-corrected chi connectivity index (χ3v) is 4.06. The summed E-state index contributed by atoms with van der Waals surface area (Å²) in [5.41, 5.74) is 8.01. The summed E-state index contributed by atoms with van der Waals surface area (Å²) in [5.74, 6) is 0.827. The second-order valence-electron chi connectivity index (χ2n) is 5.64. The number of nitrogens with zero attached hydrogens (tertiary/aromatic N) is 3. The van der Waals surface area contributed by atoms with Gasteiger partial charge in [-0.3, -0.25) is 0 Å². The zero-order valence-corrected chi connectivity index (χ0v) is 12.1. The summed E-state index contributed by atoms with van der Waals surface area (Å²) in [6, 6.07) is 7.84. The van der Waals surface area contributed by atoms with Crippen LogP contribution in [-0.2, 0) is 0 Å². The van der Waals surface area contributed by atoms with Crippen LogP contribution < -0.4 is 5.73 Å². The highest BCUT2D eigenvalue weighted by Gasteiger charge is 2.28. The highest BCUT2D eigenvalue weighted by atomic mass is 16.4. The summed E-state index contributed by atoms with van der Waals surface area (Å²) in [4.78, 5) is 17.3. The lowest BCUT2D eigenvalue weighted by molar-refractivity contribution is 0.121. The lowest BCUT2D eigenvalue weighted by atomic mass is 10.1. The maximum Gasteiger partial charge on any atom is 0.407 e. The van der Waals surface area contributed by atoms with Crippen molar-refractivity contribution < 1.29 is 9.90 Å². The quantitative estimate of drug-likeness (QED) is 0.888. The lowest BCUT2D eigenvalue weighted by Crippen LogP contribution is -2.40. The van der Waals surface area contributed by atoms with Gasteiger partial charge >= 0.3 is 6.09 Å². The number of hydrogen-bond acceptors (Lipinski definition) is 3. The Labute approximate surface area is 123 Å². The average Bonchev–Trinajstić information content (AvgIpc) is 2.87. The number of likely N-dealkylation sites (tertiary alicyclic amines) is 1. The van der Waals surface area contributed by atoms with Crippen LogP contribution in [0.1, 0.15) is 37.7 Å². The fraction of sp³-hybridized carbons (Fsp3) is 0.467. The van der Waals surface area contributed by atoms with Gasteiger partial charge in [0.05, 0.1) is 23.1 Å². The average molecular weight is 288 g/mol. The number of fused-ring (bicyclic) bond motifs is 1. The molecule has 1 aromatic carbocycles. The molecule has 1 aliphatic heterocycles. The summed E-state index contributed by atoms with van der Waals surface area (Å²) in [6.07, 6.45) is 0.956. The van der Waals surface area contributed by atoms with Crippen molar-refractivity contribution in [3.05, 3.63) is 30.1 Å². The maximum atomic E-state index is 11.2. The normalized spacial score (nSPS) is 20.7. The van der Waals surface area contributed by atoms with E-state index < -0.39 is 6.09 Å². The van der Waals surface area contributed by atoms with Gasteiger partial charge < -0.3 is 20.3 Å². The summed E-state index contributed by atoms with van der Waals surface area (Å²) in [5, 5.41) is 9.22. The molecule has 0 radical (unpaired) electrons. The molecule has 2 heterocycles. The summed E-state index contributed by atoms with van der Waals surface area (Å²) < 4.78 is 2.13. The van der Waals surface area contributed by atoms with Gasteiger partial charge in [-0.15, -0.1) is 0 Å². The van der Waals surface area contributed by atoms with E-state index in [-0.39, 0.29) is 12.1 Å². The van der Waals surface area contributed by atoms with Crippen LogP contribution in [0.4, 0.5) is 4.79 Å². The van der Waals surface area contributed by atoms with E-state index >= 15 is 0 Å². The number of para-hydroxylation sites is 2. The standard InChI is InChI=1S/C15H20N4O2/c1-10(16)14-17-12-6-2-3-7-13(12)19(14)11-5-4-8-18(9-11)15(20)21/h2-3,6-7,10-11H,4-5,8-9,16H2,1H3,(H,20,21)/t10-,11+/m0/s1. The molecule has 2 aromatic rings. The van der Waals surface area contributed by atoms with Crippen LogP contribution in [0.15, 0.2) is 24.3 Å². The van der Waals surface area contributed by atoms with E-state index in [1.807, 2.05) is 31.2 Å². The fourth-order valence-electron chi connectivity index (χ4n) is 3.11. The van der Waals surface area contributed by atoms with Gasteiger partial charge in [-0.2, -0.15) is 0 Å². The number of carbonyl (C=O) groups is 1. The summed E-state index contributed by atoms with van der Waals surface area (Å²) >= 11 is 0. The molecule has 0 saturated carbocycles. The predicted molar refractivity (Wildman–Crippen MR) is 80.2 cm³/mol. The SMILES string of the molecule is C[C@H](N)c1nc2ccccc2n1[C@@H]1CCCN(C(=O)O)C1. The van der Waals surface area contributed by atoms with Gasteiger partial charge in [0.1, 0.15) is 5.82 Å². The first-order valence-corrected chi connectivity index (χ1v) is 7.28. The minimum Gasteiger partial charge on any atom is -0.465 e. The number of nitrogens with two attached hydrogens (primary N) is 1. The van der Waals surface area contributed by atoms with E-state index in [4.69, 9.17) is 5.73 Å². The van der Waals surface area contributed by atoms with Crippen molar-refractivity contribution in [3.8, 4) is 0 Å². The van der Waals surface area contributed by atoms with Crippen LogP contribution in [0.2, 0.25) is 0 Å². The van der Waals surface area contributed by atoms with Crippen LogP contribution >= 0.6 is 0 Å². The van der Waals surface area contributed by atoms with E-state index in [2.05, 4.69) is 9.55 Å². The molecule has 1 aromatic heterocycles. The number of amides is 1. The van der Waals surface area contributed by atoms with Crippen molar-refractivity contribution in [1.82, 2.24) is 14.5 Å². The molecule has 6 heteroatoms. The van der Waals surface area contributed by atoms with E-state index in [0.29, 0.717) is 13.1 Å². The Kier molecular flexibility index (Phi) is 3.55. The number of aromatic nitrogens is 2. The van der Waals surface area contributed by atoms with E-state index in [0.717, 1.165) is 29.7 Å². The Balaban J connectivity index is 2.05. The van der Waals surface area contributed by atoms with Gasteiger partial charge in [0.2, 0.25) is 0 Å².